The Morgan fingerprint density at radius 3 is 2.68 bits per heavy atom. The van der Waals surface area contributed by atoms with E-state index in [2.05, 4.69) is 23.3 Å². The highest BCUT2D eigenvalue weighted by molar-refractivity contribution is 5.59. The van der Waals surface area contributed by atoms with Crippen LogP contribution in [0.3, 0.4) is 0 Å². The summed E-state index contributed by atoms with van der Waals surface area (Å²) in [6.07, 6.45) is 9.12. The molecule has 1 aliphatic carbocycles. The number of fused-ring (bicyclic) bond motifs is 1. The summed E-state index contributed by atoms with van der Waals surface area (Å²) in [5.74, 6) is 1.58. The van der Waals surface area contributed by atoms with E-state index in [0.717, 1.165) is 48.8 Å². The third-order valence-electron chi connectivity index (χ3n) is 5.18. The molecule has 1 fully saturated rings. The highest BCUT2D eigenvalue weighted by atomic mass is 16.5. The van der Waals surface area contributed by atoms with E-state index in [-0.39, 0.29) is 5.92 Å². The Bertz CT molecular complexity index is 849. The van der Waals surface area contributed by atoms with E-state index in [9.17, 15) is 4.79 Å². The third-order valence-corrected chi connectivity index (χ3v) is 5.18. The van der Waals surface area contributed by atoms with Gasteiger partial charge in [-0.25, -0.2) is 4.52 Å². The van der Waals surface area contributed by atoms with Crippen molar-refractivity contribution in [2.45, 2.75) is 38.2 Å². The minimum atomic E-state index is 0.239. The minimum Gasteiger partial charge on any atom is -0.489 e. The van der Waals surface area contributed by atoms with Crippen molar-refractivity contribution in [1.29, 1.82) is 0 Å². The van der Waals surface area contributed by atoms with E-state index in [4.69, 9.17) is 4.74 Å². The molecule has 0 saturated heterocycles. The van der Waals surface area contributed by atoms with E-state index >= 15 is 0 Å². The number of aromatic nitrogens is 2. The quantitative estimate of drug-likeness (QED) is 0.650. The number of hydrogen-bond donors (Lipinski definition) is 0. The fourth-order valence-corrected chi connectivity index (χ4v) is 3.69. The molecule has 0 N–H and O–H groups in total. The fraction of sp³-hybridized carbons (Fsp3) is 0.333. The molecule has 2 heterocycles. The van der Waals surface area contributed by atoms with E-state index in [0.29, 0.717) is 12.5 Å². The Morgan fingerprint density at radius 2 is 1.92 bits per heavy atom. The van der Waals surface area contributed by atoms with Gasteiger partial charge in [-0.2, -0.15) is 5.10 Å². The van der Waals surface area contributed by atoms with Crippen LogP contribution in [0.25, 0.3) is 5.52 Å². The van der Waals surface area contributed by atoms with Crippen LogP contribution in [0.15, 0.2) is 54.9 Å². The van der Waals surface area contributed by atoms with Gasteiger partial charge in [-0.15, -0.1) is 0 Å². The first-order valence-electron chi connectivity index (χ1n) is 8.93. The van der Waals surface area contributed by atoms with E-state index in [1.54, 1.807) is 0 Å². The van der Waals surface area contributed by atoms with Crippen LogP contribution in [0, 0.1) is 5.92 Å². The smallest absolute Gasteiger partial charge is 0.123 e. The summed E-state index contributed by atoms with van der Waals surface area (Å²) in [5.41, 5.74) is 3.54. The normalized spacial score (nSPS) is 20.5. The molecule has 128 valence electrons. The number of rotatable bonds is 5. The second kappa shape index (κ2) is 7.09. The predicted molar refractivity (Wildman–Crippen MR) is 96.7 cm³/mol. The second-order valence-corrected chi connectivity index (χ2v) is 6.81. The van der Waals surface area contributed by atoms with Crippen LogP contribution < -0.4 is 4.74 Å². The predicted octanol–water partition coefficient (Wildman–Crippen LogP) is 4.39. The molecule has 25 heavy (non-hydrogen) atoms. The summed E-state index contributed by atoms with van der Waals surface area (Å²) in [5, 5.41) is 4.48. The molecule has 3 aromatic rings. The van der Waals surface area contributed by atoms with Gasteiger partial charge in [0.1, 0.15) is 18.6 Å². The lowest BCUT2D eigenvalue weighted by Crippen LogP contribution is -2.14. The lowest BCUT2D eigenvalue weighted by molar-refractivity contribution is -0.111. The third kappa shape index (κ3) is 3.43. The molecule has 0 bridgehead atoms. The Hall–Kier alpha value is -2.62. The molecule has 0 spiro atoms. The second-order valence-electron chi connectivity index (χ2n) is 6.81. The van der Waals surface area contributed by atoms with Crippen molar-refractivity contribution in [3.05, 3.63) is 66.0 Å². The molecule has 0 amide bonds. The summed E-state index contributed by atoms with van der Waals surface area (Å²) in [6.45, 7) is 0.560. The largest absolute Gasteiger partial charge is 0.489 e. The van der Waals surface area contributed by atoms with E-state index < -0.39 is 0 Å². The van der Waals surface area contributed by atoms with Gasteiger partial charge in [0.15, 0.2) is 0 Å². The maximum atomic E-state index is 11.0. The van der Waals surface area contributed by atoms with Crippen molar-refractivity contribution in [3.8, 4) is 5.75 Å². The maximum Gasteiger partial charge on any atom is 0.123 e. The highest BCUT2D eigenvalue weighted by Gasteiger charge is 2.24. The SMILES string of the molecule is O=C[C@H]1CC[C@H](c2cnn3ccc(OCc4ccccc4)cc23)CC1. The zero-order valence-electron chi connectivity index (χ0n) is 14.2. The van der Waals surface area contributed by atoms with Crippen molar-refractivity contribution >= 4 is 11.8 Å². The molecule has 0 atom stereocenters. The van der Waals surface area contributed by atoms with Gasteiger partial charge in [-0.3, -0.25) is 0 Å². The van der Waals surface area contributed by atoms with E-state index in [1.165, 1.54) is 5.56 Å². The van der Waals surface area contributed by atoms with Crippen LogP contribution in [0.2, 0.25) is 0 Å². The molecule has 4 heteroatoms. The minimum absolute atomic E-state index is 0.239. The molecule has 0 aliphatic heterocycles. The van der Waals surface area contributed by atoms with Crippen molar-refractivity contribution in [2.24, 2.45) is 5.92 Å². The summed E-state index contributed by atoms with van der Waals surface area (Å²) in [6, 6.07) is 14.2. The Balaban J connectivity index is 1.52. The number of carbonyl (C=O) groups is 1. The van der Waals surface area contributed by atoms with Crippen LogP contribution in [0.5, 0.6) is 5.75 Å². The standard InChI is InChI=1S/C21H22N2O2/c24-14-16-6-8-18(9-7-16)20-13-22-23-11-10-19(12-21(20)23)25-15-17-4-2-1-3-5-17/h1-5,10-14,16,18H,6-9,15H2/t16-,18-. The molecule has 0 unspecified atom stereocenters. The highest BCUT2D eigenvalue weighted by Crippen LogP contribution is 2.37. The van der Waals surface area contributed by atoms with Crippen molar-refractivity contribution < 1.29 is 9.53 Å². The summed E-state index contributed by atoms with van der Waals surface area (Å²) in [7, 11) is 0. The lowest BCUT2D eigenvalue weighted by atomic mass is 9.79. The lowest BCUT2D eigenvalue weighted by Gasteiger charge is -2.24. The number of hydrogen-bond acceptors (Lipinski definition) is 3. The molecular weight excluding hydrogens is 312 g/mol. The van der Waals surface area contributed by atoms with Crippen molar-refractivity contribution in [2.75, 3.05) is 0 Å². The van der Waals surface area contributed by atoms with Gasteiger partial charge >= 0.3 is 0 Å². The Kier molecular flexibility index (Phi) is 4.51. The molecule has 1 aliphatic rings. The first-order chi connectivity index (χ1) is 12.3. The van der Waals surface area contributed by atoms with Crippen LogP contribution in [-0.4, -0.2) is 15.9 Å². The Morgan fingerprint density at radius 1 is 1.12 bits per heavy atom. The first-order valence-corrected chi connectivity index (χ1v) is 8.93. The fourth-order valence-electron chi connectivity index (χ4n) is 3.69. The Labute approximate surface area is 147 Å². The van der Waals surface area contributed by atoms with Crippen LogP contribution >= 0.6 is 0 Å². The number of benzene rings is 1. The number of carbonyl (C=O) groups excluding carboxylic acids is 1. The molecule has 2 aromatic heterocycles. The summed E-state index contributed by atoms with van der Waals surface area (Å²) < 4.78 is 7.87. The van der Waals surface area contributed by atoms with Crippen molar-refractivity contribution in [1.82, 2.24) is 9.61 Å². The molecule has 1 saturated carbocycles. The van der Waals surface area contributed by atoms with Gasteiger partial charge < -0.3 is 9.53 Å². The zero-order chi connectivity index (χ0) is 17.1. The van der Waals surface area contributed by atoms with Gasteiger partial charge in [0.25, 0.3) is 0 Å². The molecule has 0 radical (unpaired) electrons. The van der Waals surface area contributed by atoms with Gasteiger partial charge in [0, 0.05) is 23.7 Å². The molecular formula is C21H22N2O2. The average molecular weight is 334 g/mol. The number of pyridine rings is 1. The topological polar surface area (TPSA) is 43.6 Å². The molecule has 4 nitrogen and oxygen atoms in total. The van der Waals surface area contributed by atoms with Crippen molar-refractivity contribution in [3.63, 3.8) is 0 Å². The van der Waals surface area contributed by atoms with Crippen LogP contribution in [-0.2, 0) is 11.4 Å². The van der Waals surface area contributed by atoms with Gasteiger partial charge in [-0.05, 0) is 43.2 Å². The number of aldehydes is 1. The van der Waals surface area contributed by atoms with Gasteiger partial charge in [-0.1, -0.05) is 30.3 Å². The maximum absolute atomic E-state index is 11.0. The van der Waals surface area contributed by atoms with Gasteiger partial charge in [0.2, 0.25) is 0 Å². The molecule has 4 rings (SSSR count). The first kappa shape index (κ1) is 15.9. The average Bonchev–Trinajstić information content (AvgIpc) is 3.10. The van der Waals surface area contributed by atoms with Crippen LogP contribution in [0.1, 0.15) is 42.7 Å². The number of nitrogens with zero attached hydrogens (tertiary/aromatic N) is 2. The monoisotopic (exact) mass is 334 g/mol. The van der Waals surface area contributed by atoms with Gasteiger partial charge in [0.05, 0.1) is 11.7 Å². The summed E-state index contributed by atoms with van der Waals surface area (Å²) >= 11 is 0. The molecule has 1 aromatic carbocycles. The summed E-state index contributed by atoms with van der Waals surface area (Å²) in [4.78, 5) is 11.0. The van der Waals surface area contributed by atoms with E-state index in [1.807, 2.05) is 41.2 Å². The van der Waals surface area contributed by atoms with Crippen LogP contribution in [0.4, 0.5) is 0 Å². The number of ether oxygens (including phenoxy) is 1. The zero-order valence-corrected chi connectivity index (χ0v) is 14.2.